The minimum atomic E-state index is -0.0701. The molecule has 0 aliphatic rings. The highest BCUT2D eigenvalue weighted by Gasteiger charge is 2.08. The van der Waals surface area contributed by atoms with Gasteiger partial charge in [-0.3, -0.25) is 4.79 Å². The molecule has 0 spiro atoms. The van der Waals surface area contributed by atoms with E-state index in [1.807, 2.05) is 20.8 Å². The average Bonchev–Trinajstić information content (AvgIpc) is 2.00. The quantitative estimate of drug-likeness (QED) is 0.618. The first-order valence-electron chi connectivity index (χ1n) is 5.01. The van der Waals surface area contributed by atoms with E-state index in [0.717, 1.165) is 13.1 Å². The first-order valence-corrected chi connectivity index (χ1v) is 5.01. The Bertz CT molecular complexity index is 164. The molecule has 0 saturated carbocycles. The highest BCUT2D eigenvalue weighted by molar-refractivity contribution is 5.72. The number of carbonyl (C=O) groups excluding carboxylic acids is 1. The molecule has 0 bridgehead atoms. The third-order valence-electron chi connectivity index (χ3n) is 1.49. The van der Waals surface area contributed by atoms with Crippen LogP contribution in [0.3, 0.4) is 0 Å². The highest BCUT2D eigenvalue weighted by atomic mass is 16.5. The fraction of sp³-hybridized carbons (Fsp3) is 0.900. The Kier molecular flexibility index (Phi) is 6.49. The Labute approximate surface area is 86.4 Å². The van der Waals surface area contributed by atoms with E-state index < -0.39 is 0 Å². The van der Waals surface area contributed by atoms with Crippen LogP contribution in [0.4, 0.5) is 0 Å². The zero-order valence-electron chi connectivity index (χ0n) is 9.64. The fourth-order valence-corrected chi connectivity index (χ4v) is 0.881. The van der Waals surface area contributed by atoms with Crippen LogP contribution in [-0.4, -0.2) is 37.7 Å². The standard InChI is InChI=1S/C10H22N2O2/c1-9(13)12-6-5-11-7-8-14-10(2,3)4/h11H,5-8H2,1-4H3,(H,12,13). The van der Waals surface area contributed by atoms with Gasteiger partial charge in [0, 0.05) is 26.6 Å². The van der Waals surface area contributed by atoms with E-state index in [1.54, 1.807) is 0 Å². The van der Waals surface area contributed by atoms with Crippen molar-refractivity contribution >= 4 is 5.91 Å². The van der Waals surface area contributed by atoms with Crippen LogP contribution in [0.25, 0.3) is 0 Å². The molecule has 0 aliphatic heterocycles. The summed E-state index contributed by atoms with van der Waals surface area (Å²) in [6.07, 6.45) is 0. The van der Waals surface area contributed by atoms with Crippen molar-refractivity contribution in [2.75, 3.05) is 26.2 Å². The van der Waals surface area contributed by atoms with Crippen LogP contribution in [0.15, 0.2) is 0 Å². The van der Waals surface area contributed by atoms with Gasteiger partial charge in [0.05, 0.1) is 12.2 Å². The molecule has 0 unspecified atom stereocenters. The van der Waals surface area contributed by atoms with Gasteiger partial charge in [0.2, 0.25) is 5.91 Å². The van der Waals surface area contributed by atoms with Crippen molar-refractivity contribution in [1.29, 1.82) is 0 Å². The third-order valence-corrected chi connectivity index (χ3v) is 1.49. The van der Waals surface area contributed by atoms with Gasteiger partial charge in [-0.15, -0.1) is 0 Å². The Morgan fingerprint density at radius 2 is 1.86 bits per heavy atom. The Hall–Kier alpha value is -0.610. The van der Waals surface area contributed by atoms with Gasteiger partial charge in [0.1, 0.15) is 0 Å². The van der Waals surface area contributed by atoms with Gasteiger partial charge in [-0.25, -0.2) is 0 Å². The van der Waals surface area contributed by atoms with Crippen LogP contribution in [0.5, 0.6) is 0 Å². The molecule has 0 aromatic heterocycles. The van der Waals surface area contributed by atoms with E-state index in [2.05, 4.69) is 10.6 Å². The first-order chi connectivity index (χ1) is 6.42. The summed E-state index contributed by atoms with van der Waals surface area (Å²) in [5.74, 6) is 0.0118. The molecule has 2 N–H and O–H groups in total. The van der Waals surface area contributed by atoms with E-state index in [1.165, 1.54) is 6.92 Å². The second-order valence-electron chi connectivity index (χ2n) is 4.19. The van der Waals surface area contributed by atoms with Gasteiger partial charge in [0.25, 0.3) is 0 Å². The minimum Gasteiger partial charge on any atom is -0.375 e. The molecule has 14 heavy (non-hydrogen) atoms. The van der Waals surface area contributed by atoms with Crippen molar-refractivity contribution in [3.05, 3.63) is 0 Å². The Balaban J connectivity index is 3.11. The molecular weight excluding hydrogens is 180 g/mol. The summed E-state index contributed by atoms with van der Waals surface area (Å²) in [4.78, 5) is 10.5. The number of carbonyl (C=O) groups is 1. The van der Waals surface area contributed by atoms with Gasteiger partial charge in [-0.2, -0.15) is 0 Å². The van der Waals surface area contributed by atoms with E-state index in [4.69, 9.17) is 4.74 Å². The maximum Gasteiger partial charge on any atom is 0.216 e. The molecule has 0 aliphatic carbocycles. The van der Waals surface area contributed by atoms with Crippen LogP contribution >= 0.6 is 0 Å². The number of amides is 1. The molecule has 0 rings (SSSR count). The predicted octanol–water partition coefficient (Wildman–Crippen LogP) is 0.527. The molecule has 0 heterocycles. The molecule has 1 amide bonds. The van der Waals surface area contributed by atoms with Gasteiger partial charge in [-0.05, 0) is 20.8 Å². The highest BCUT2D eigenvalue weighted by Crippen LogP contribution is 2.04. The predicted molar refractivity (Wildman–Crippen MR) is 57.3 cm³/mol. The lowest BCUT2D eigenvalue weighted by molar-refractivity contribution is -0.118. The van der Waals surface area contributed by atoms with Crippen LogP contribution in [0, 0.1) is 0 Å². The molecule has 0 atom stereocenters. The second-order valence-corrected chi connectivity index (χ2v) is 4.19. The number of ether oxygens (including phenoxy) is 1. The summed E-state index contributed by atoms with van der Waals surface area (Å²) in [6.45, 7) is 10.6. The van der Waals surface area contributed by atoms with Crippen molar-refractivity contribution in [3.63, 3.8) is 0 Å². The molecule has 0 saturated heterocycles. The lowest BCUT2D eigenvalue weighted by Gasteiger charge is -2.19. The molecule has 0 radical (unpaired) electrons. The lowest BCUT2D eigenvalue weighted by atomic mass is 10.2. The molecular formula is C10H22N2O2. The van der Waals surface area contributed by atoms with Crippen molar-refractivity contribution in [1.82, 2.24) is 10.6 Å². The van der Waals surface area contributed by atoms with Crippen molar-refractivity contribution in [2.45, 2.75) is 33.3 Å². The monoisotopic (exact) mass is 202 g/mol. The van der Waals surface area contributed by atoms with Crippen molar-refractivity contribution < 1.29 is 9.53 Å². The van der Waals surface area contributed by atoms with E-state index in [9.17, 15) is 4.79 Å². The Morgan fingerprint density at radius 1 is 1.21 bits per heavy atom. The number of nitrogens with one attached hydrogen (secondary N) is 2. The molecule has 0 aromatic carbocycles. The van der Waals surface area contributed by atoms with Crippen molar-refractivity contribution in [3.8, 4) is 0 Å². The molecule has 84 valence electrons. The summed E-state index contributed by atoms with van der Waals surface area (Å²) in [5, 5.41) is 5.88. The fourth-order valence-electron chi connectivity index (χ4n) is 0.881. The van der Waals surface area contributed by atoms with Gasteiger partial charge in [0.15, 0.2) is 0 Å². The van der Waals surface area contributed by atoms with E-state index >= 15 is 0 Å². The summed E-state index contributed by atoms with van der Waals surface area (Å²) in [7, 11) is 0. The summed E-state index contributed by atoms with van der Waals surface area (Å²) >= 11 is 0. The maximum absolute atomic E-state index is 10.5. The second kappa shape index (κ2) is 6.79. The average molecular weight is 202 g/mol. The summed E-state index contributed by atoms with van der Waals surface area (Å²) < 4.78 is 5.51. The Morgan fingerprint density at radius 3 is 2.36 bits per heavy atom. The van der Waals surface area contributed by atoms with E-state index in [-0.39, 0.29) is 11.5 Å². The smallest absolute Gasteiger partial charge is 0.216 e. The van der Waals surface area contributed by atoms with Gasteiger partial charge < -0.3 is 15.4 Å². The molecule has 0 aromatic rings. The van der Waals surface area contributed by atoms with Crippen LogP contribution in [-0.2, 0) is 9.53 Å². The number of hydrogen-bond donors (Lipinski definition) is 2. The van der Waals surface area contributed by atoms with Crippen LogP contribution in [0.2, 0.25) is 0 Å². The summed E-state index contributed by atoms with van der Waals surface area (Å²) in [5.41, 5.74) is -0.0701. The molecule has 4 heteroatoms. The largest absolute Gasteiger partial charge is 0.375 e. The zero-order chi connectivity index (χ0) is 11.0. The zero-order valence-corrected chi connectivity index (χ0v) is 9.64. The number of hydrogen-bond acceptors (Lipinski definition) is 3. The first kappa shape index (κ1) is 13.4. The van der Waals surface area contributed by atoms with Crippen molar-refractivity contribution in [2.24, 2.45) is 0 Å². The van der Waals surface area contributed by atoms with Gasteiger partial charge >= 0.3 is 0 Å². The van der Waals surface area contributed by atoms with Gasteiger partial charge in [-0.1, -0.05) is 0 Å². The maximum atomic E-state index is 10.5. The third kappa shape index (κ3) is 11.4. The normalized spacial score (nSPS) is 11.4. The lowest BCUT2D eigenvalue weighted by Crippen LogP contribution is -2.33. The summed E-state index contributed by atoms with van der Waals surface area (Å²) in [6, 6.07) is 0. The molecule has 0 fully saturated rings. The number of rotatable bonds is 6. The topological polar surface area (TPSA) is 50.4 Å². The van der Waals surface area contributed by atoms with E-state index in [0.29, 0.717) is 13.2 Å². The SMILES string of the molecule is CC(=O)NCCNCCOC(C)(C)C. The minimum absolute atomic E-state index is 0.0118. The molecule has 4 nitrogen and oxygen atoms in total. The van der Waals surface area contributed by atoms with Crippen LogP contribution < -0.4 is 10.6 Å². The van der Waals surface area contributed by atoms with Crippen LogP contribution in [0.1, 0.15) is 27.7 Å².